The summed E-state index contributed by atoms with van der Waals surface area (Å²) in [5.41, 5.74) is 4.55. The summed E-state index contributed by atoms with van der Waals surface area (Å²) in [5, 5.41) is 10.6. The number of nitro groups is 1. The molecule has 98 valence electrons. The van der Waals surface area contributed by atoms with Gasteiger partial charge in [0.25, 0.3) is 5.69 Å². The highest BCUT2D eigenvalue weighted by Gasteiger charge is 2.04. The number of nitrogens with zero attached hydrogens (tertiary/aromatic N) is 2. The van der Waals surface area contributed by atoms with Crippen LogP contribution in [0.15, 0.2) is 36.4 Å². The smallest absolute Gasteiger partial charge is 0.258 e. The third-order valence-electron chi connectivity index (χ3n) is 2.99. The number of nitro benzene ring substituents is 1. The molecule has 0 atom stereocenters. The first kappa shape index (κ1) is 13.2. The fraction of sp³-hybridized carbons (Fsp3) is 0.267. The maximum atomic E-state index is 10.6. The van der Waals surface area contributed by atoms with Gasteiger partial charge in [-0.1, -0.05) is 12.1 Å². The van der Waals surface area contributed by atoms with Crippen molar-refractivity contribution in [2.24, 2.45) is 0 Å². The summed E-state index contributed by atoms with van der Waals surface area (Å²) < 4.78 is 0. The maximum Gasteiger partial charge on any atom is 0.269 e. The van der Waals surface area contributed by atoms with Gasteiger partial charge in [0.2, 0.25) is 0 Å². The van der Waals surface area contributed by atoms with Crippen molar-refractivity contribution in [2.75, 3.05) is 0 Å². The Labute approximate surface area is 112 Å². The fourth-order valence-corrected chi connectivity index (χ4v) is 2.14. The van der Waals surface area contributed by atoms with E-state index in [1.165, 1.54) is 5.56 Å². The van der Waals surface area contributed by atoms with Gasteiger partial charge in [0.15, 0.2) is 0 Å². The lowest BCUT2D eigenvalue weighted by Gasteiger charge is -2.04. The van der Waals surface area contributed by atoms with E-state index >= 15 is 0 Å². The first-order valence-electron chi connectivity index (χ1n) is 6.22. The lowest BCUT2D eigenvalue weighted by Crippen LogP contribution is -1.95. The molecule has 19 heavy (non-hydrogen) atoms. The third-order valence-corrected chi connectivity index (χ3v) is 2.99. The molecule has 0 aliphatic heterocycles. The maximum absolute atomic E-state index is 10.6. The largest absolute Gasteiger partial charge is 0.269 e. The average molecular weight is 256 g/mol. The van der Waals surface area contributed by atoms with Gasteiger partial charge in [-0.3, -0.25) is 15.1 Å². The molecule has 0 saturated carbocycles. The van der Waals surface area contributed by atoms with E-state index in [1.807, 2.05) is 26.0 Å². The molecular formula is C15H16N2O2. The Morgan fingerprint density at radius 3 is 2.05 bits per heavy atom. The third kappa shape index (κ3) is 3.61. The first-order chi connectivity index (χ1) is 9.04. The van der Waals surface area contributed by atoms with E-state index in [0.717, 1.165) is 29.8 Å². The van der Waals surface area contributed by atoms with Gasteiger partial charge in [-0.05, 0) is 49.9 Å². The van der Waals surface area contributed by atoms with E-state index in [1.54, 1.807) is 12.1 Å². The molecule has 0 spiro atoms. The van der Waals surface area contributed by atoms with E-state index < -0.39 is 0 Å². The SMILES string of the molecule is Cc1cc(CCc2ccc([N+](=O)[O-])cc2)cc(C)n1. The standard InChI is InChI=1S/C15H16N2O2/c1-11-9-14(10-12(2)16-11)4-3-13-5-7-15(8-6-13)17(18)19/h5-10H,3-4H2,1-2H3. The zero-order chi connectivity index (χ0) is 13.8. The Bertz CT molecular complexity index is 571. The molecule has 0 unspecified atom stereocenters. The van der Waals surface area contributed by atoms with Crippen molar-refractivity contribution in [1.29, 1.82) is 0 Å². The Morgan fingerprint density at radius 2 is 1.53 bits per heavy atom. The van der Waals surface area contributed by atoms with Gasteiger partial charge >= 0.3 is 0 Å². The lowest BCUT2D eigenvalue weighted by atomic mass is 10.0. The second-order valence-corrected chi connectivity index (χ2v) is 4.68. The summed E-state index contributed by atoms with van der Waals surface area (Å²) in [6, 6.07) is 10.9. The van der Waals surface area contributed by atoms with Gasteiger partial charge in [0.05, 0.1) is 4.92 Å². The minimum Gasteiger partial charge on any atom is -0.258 e. The van der Waals surface area contributed by atoms with Crippen LogP contribution < -0.4 is 0 Å². The van der Waals surface area contributed by atoms with Gasteiger partial charge in [-0.15, -0.1) is 0 Å². The molecule has 0 saturated heterocycles. The minimum absolute atomic E-state index is 0.138. The number of aryl methyl sites for hydroxylation is 4. The Kier molecular flexibility index (Phi) is 3.90. The molecule has 0 aliphatic carbocycles. The van der Waals surface area contributed by atoms with Crippen LogP contribution in [0.1, 0.15) is 22.5 Å². The van der Waals surface area contributed by atoms with Crippen LogP contribution in [0.3, 0.4) is 0 Å². The Balaban J connectivity index is 2.03. The highest BCUT2D eigenvalue weighted by Crippen LogP contribution is 2.14. The quantitative estimate of drug-likeness (QED) is 0.622. The van der Waals surface area contributed by atoms with Crippen LogP contribution in [-0.2, 0) is 12.8 Å². The first-order valence-corrected chi connectivity index (χ1v) is 6.22. The molecule has 4 heteroatoms. The summed E-state index contributed by atoms with van der Waals surface area (Å²) in [5.74, 6) is 0. The van der Waals surface area contributed by atoms with Gasteiger partial charge in [0, 0.05) is 23.5 Å². The van der Waals surface area contributed by atoms with Crippen LogP contribution in [0.4, 0.5) is 5.69 Å². The topological polar surface area (TPSA) is 56.0 Å². The van der Waals surface area contributed by atoms with Gasteiger partial charge < -0.3 is 0 Å². The number of benzene rings is 1. The van der Waals surface area contributed by atoms with Gasteiger partial charge in [-0.2, -0.15) is 0 Å². The summed E-state index contributed by atoms with van der Waals surface area (Å²) in [6.45, 7) is 3.98. The van der Waals surface area contributed by atoms with Crippen LogP contribution >= 0.6 is 0 Å². The summed E-state index contributed by atoms with van der Waals surface area (Å²) in [6.07, 6.45) is 1.79. The number of aromatic nitrogens is 1. The molecule has 0 aliphatic rings. The molecule has 1 aromatic heterocycles. The van der Waals surface area contributed by atoms with E-state index in [9.17, 15) is 10.1 Å². The van der Waals surface area contributed by atoms with E-state index in [0.29, 0.717) is 0 Å². The van der Waals surface area contributed by atoms with Crippen molar-refractivity contribution in [3.05, 3.63) is 69.0 Å². The number of pyridine rings is 1. The summed E-state index contributed by atoms with van der Waals surface area (Å²) >= 11 is 0. The molecule has 0 radical (unpaired) electrons. The van der Waals surface area contributed by atoms with Crippen molar-refractivity contribution in [2.45, 2.75) is 26.7 Å². The van der Waals surface area contributed by atoms with Crippen LogP contribution in [0, 0.1) is 24.0 Å². The van der Waals surface area contributed by atoms with Crippen molar-refractivity contribution in [1.82, 2.24) is 4.98 Å². The zero-order valence-electron chi connectivity index (χ0n) is 11.1. The van der Waals surface area contributed by atoms with Crippen molar-refractivity contribution >= 4 is 5.69 Å². The Hall–Kier alpha value is -2.23. The second kappa shape index (κ2) is 5.61. The van der Waals surface area contributed by atoms with E-state index in [4.69, 9.17) is 0 Å². The molecule has 2 rings (SSSR count). The van der Waals surface area contributed by atoms with Crippen molar-refractivity contribution < 1.29 is 4.92 Å². The molecule has 0 amide bonds. The summed E-state index contributed by atoms with van der Waals surface area (Å²) in [7, 11) is 0. The number of hydrogen-bond acceptors (Lipinski definition) is 3. The second-order valence-electron chi connectivity index (χ2n) is 4.68. The zero-order valence-corrected chi connectivity index (χ0v) is 11.1. The highest BCUT2D eigenvalue weighted by molar-refractivity contribution is 5.33. The molecule has 1 aromatic carbocycles. The lowest BCUT2D eigenvalue weighted by molar-refractivity contribution is -0.384. The molecule has 0 bridgehead atoms. The minimum atomic E-state index is -0.376. The van der Waals surface area contributed by atoms with Gasteiger partial charge in [-0.25, -0.2) is 0 Å². The van der Waals surface area contributed by atoms with Gasteiger partial charge in [0.1, 0.15) is 0 Å². The predicted octanol–water partition coefficient (Wildman–Crippen LogP) is 3.39. The van der Waals surface area contributed by atoms with E-state index in [2.05, 4.69) is 17.1 Å². The van der Waals surface area contributed by atoms with Crippen LogP contribution in [0.2, 0.25) is 0 Å². The molecule has 0 N–H and O–H groups in total. The number of hydrogen-bond donors (Lipinski definition) is 0. The summed E-state index contributed by atoms with van der Waals surface area (Å²) in [4.78, 5) is 14.5. The highest BCUT2D eigenvalue weighted by atomic mass is 16.6. The van der Waals surface area contributed by atoms with Crippen LogP contribution in [0.5, 0.6) is 0 Å². The molecule has 0 fully saturated rings. The normalized spacial score (nSPS) is 10.4. The van der Waals surface area contributed by atoms with Crippen LogP contribution in [0.25, 0.3) is 0 Å². The predicted molar refractivity (Wildman–Crippen MR) is 74.2 cm³/mol. The Morgan fingerprint density at radius 1 is 1.00 bits per heavy atom. The molecule has 2 aromatic rings. The van der Waals surface area contributed by atoms with Crippen molar-refractivity contribution in [3.8, 4) is 0 Å². The fourth-order valence-electron chi connectivity index (χ4n) is 2.14. The number of non-ortho nitro benzene ring substituents is 1. The molecule has 1 heterocycles. The van der Waals surface area contributed by atoms with Crippen LogP contribution in [-0.4, -0.2) is 9.91 Å². The van der Waals surface area contributed by atoms with Crippen molar-refractivity contribution in [3.63, 3.8) is 0 Å². The molecule has 4 nitrogen and oxygen atoms in total. The molecular weight excluding hydrogens is 240 g/mol. The number of rotatable bonds is 4. The monoisotopic (exact) mass is 256 g/mol. The van der Waals surface area contributed by atoms with E-state index in [-0.39, 0.29) is 10.6 Å². The average Bonchev–Trinajstić information content (AvgIpc) is 2.36.